The zero-order chi connectivity index (χ0) is 21.0. The molecule has 2 N–H and O–H groups in total. The van der Waals surface area contributed by atoms with Gasteiger partial charge in [0.15, 0.2) is 0 Å². The van der Waals surface area contributed by atoms with E-state index < -0.39 is 5.41 Å². The fourth-order valence-corrected chi connectivity index (χ4v) is 3.45. The lowest BCUT2D eigenvalue weighted by atomic mass is 10.0. The van der Waals surface area contributed by atoms with E-state index in [0.29, 0.717) is 12.8 Å². The molecule has 154 valence electrons. The number of halogens is 1. The summed E-state index contributed by atoms with van der Waals surface area (Å²) in [5.41, 5.74) is 2.58. The fraction of sp³-hybridized carbons (Fsp3) is 0.391. The van der Waals surface area contributed by atoms with Crippen LogP contribution in [0.2, 0.25) is 0 Å². The van der Waals surface area contributed by atoms with Crippen LogP contribution in [0, 0.1) is 18.2 Å². The lowest BCUT2D eigenvalue weighted by Crippen LogP contribution is -2.39. The lowest BCUT2D eigenvalue weighted by molar-refractivity contribution is -0.134. The SMILES string of the molecule is CCN(CC)c1ccc(NC(=O)C2(C(=O)NCc3ccc(F)cc3)CC2)c(C)c1. The molecule has 6 heteroatoms. The van der Waals surface area contributed by atoms with Crippen molar-refractivity contribution in [3.63, 3.8) is 0 Å². The van der Waals surface area contributed by atoms with Gasteiger partial charge in [-0.25, -0.2) is 4.39 Å². The number of benzene rings is 2. The van der Waals surface area contributed by atoms with Gasteiger partial charge in [0.05, 0.1) is 0 Å². The Morgan fingerprint density at radius 2 is 1.69 bits per heavy atom. The Labute approximate surface area is 171 Å². The first-order chi connectivity index (χ1) is 13.9. The zero-order valence-electron chi connectivity index (χ0n) is 17.2. The highest BCUT2D eigenvalue weighted by molar-refractivity contribution is 6.13. The van der Waals surface area contributed by atoms with Crippen molar-refractivity contribution in [3.8, 4) is 0 Å². The quantitative estimate of drug-likeness (QED) is 0.662. The molecule has 0 heterocycles. The van der Waals surface area contributed by atoms with Crippen LogP contribution in [0.3, 0.4) is 0 Å². The van der Waals surface area contributed by atoms with Crippen LogP contribution in [0.4, 0.5) is 15.8 Å². The Bertz CT molecular complexity index is 887. The smallest absolute Gasteiger partial charge is 0.240 e. The van der Waals surface area contributed by atoms with E-state index in [1.54, 1.807) is 12.1 Å². The van der Waals surface area contributed by atoms with Crippen molar-refractivity contribution in [2.24, 2.45) is 5.41 Å². The summed E-state index contributed by atoms with van der Waals surface area (Å²) in [5, 5.41) is 5.75. The third-order valence-corrected chi connectivity index (χ3v) is 5.57. The maximum absolute atomic E-state index is 13.0. The van der Waals surface area contributed by atoms with Gasteiger partial charge in [0.1, 0.15) is 11.2 Å². The van der Waals surface area contributed by atoms with Gasteiger partial charge in [0, 0.05) is 31.0 Å². The van der Waals surface area contributed by atoms with Crippen LogP contribution in [-0.4, -0.2) is 24.9 Å². The number of anilines is 2. The minimum absolute atomic E-state index is 0.270. The van der Waals surface area contributed by atoms with E-state index in [4.69, 9.17) is 0 Å². The second-order valence-corrected chi connectivity index (χ2v) is 7.52. The molecule has 2 aromatic carbocycles. The summed E-state index contributed by atoms with van der Waals surface area (Å²) >= 11 is 0. The highest BCUT2D eigenvalue weighted by atomic mass is 19.1. The molecule has 5 nitrogen and oxygen atoms in total. The van der Waals surface area contributed by atoms with Crippen molar-refractivity contribution in [1.29, 1.82) is 0 Å². The summed E-state index contributed by atoms with van der Waals surface area (Å²) in [6, 6.07) is 11.9. The number of aryl methyl sites for hydroxylation is 1. The number of hydrogen-bond donors (Lipinski definition) is 2. The van der Waals surface area contributed by atoms with E-state index >= 15 is 0 Å². The van der Waals surface area contributed by atoms with Gasteiger partial charge in [-0.1, -0.05) is 12.1 Å². The minimum atomic E-state index is -1.01. The topological polar surface area (TPSA) is 61.4 Å². The van der Waals surface area contributed by atoms with E-state index in [2.05, 4.69) is 35.4 Å². The molecule has 0 atom stereocenters. The molecular formula is C23H28FN3O2. The Hall–Kier alpha value is -2.89. The molecule has 0 aromatic heterocycles. The van der Waals surface area contributed by atoms with Crippen LogP contribution in [0.25, 0.3) is 0 Å². The number of carbonyl (C=O) groups is 2. The average Bonchev–Trinajstić information content (AvgIpc) is 3.52. The van der Waals surface area contributed by atoms with E-state index in [1.807, 2.05) is 19.1 Å². The monoisotopic (exact) mass is 397 g/mol. The zero-order valence-corrected chi connectivity index (χ0v) is 17.2. The van der Waals surface area contributed by atoms with Gasteiger partial charge in [-0.15, -0.1) is 0 Å². The highest BCUT2D eigenvalue weighted by Crippen LogP contribution is 2.47. The van der Waals surface area contributed by atoms with Gasteiger partial charge in [-0.2, -0.15) is 0 Å². The van der Waals surface area contributed by atoms with Crippen molar-refractivity contribution in [3.05, 3.63) is 59.4 Å². The molecule has 0 saturated heterocycles. The number of amides is 2. The van der Waals surface area contributed by atoms with Crippen LogP contribution >= 0.6 is 0 Å². The number of rotatable bonds is 8. The third-order valence-electron chi connectivity index (χ3n) is 5.57. The van der Waals surface area contributed by atoms with E-state index in [9.17, 15) is 14.0 Å². The molecular weight excluding hydrogens is 369 g/mol. The second-order valence-electron chi connectivity index (χ2n) is 7.52. The number of carbonyl (C=O) groups excluding carboxylic acids is 2. The Morgan fingerprint density at radius 3 is 2.24 bits per heavy atom. The van der Waals surface area contributed by atoms with E-state index in [-0.39, 0.29) is 24.2 Å². The summed E-state index contributed by atoms with van der Waals surface area (Å²) in [6.07, 6.45) is 1.06. The molecule has 0 spiro atoms. The molecule has 2 amide bonds. The first kappa shape index (κ1) is 20.8. The molecule has 0 radical (unpaired) electrons. The Kier molecular flexibility index (Phi) is 6.20. The summed E-state index contributed by atoms with van der Waals surface area (Å²) in [6.45, 7) is 8.27. The molecule has 0 aliphatic heterocycles. The molecule has 1 fully saturated rings. The van der Waals surface area contributed by atoms with Gasteiger partial charge in [0.2, 0.25) is 11.8 Å². The second kappa shape index (κ2) is 8.64. The van der Waals surface area contributed by atoms with Gasteiger partial charge >= 0.3 is 0 Å². The summed E-state index contributed by atoms with van der Waals surface area (Å²) < 4.78 is 13.0. The van der Waals surface area contributed by atoms with E-state index in [1.165, 1.54) is 12.1 Å². The molecule has 1 aliphatic carbocycles. The molecule has 1 saturated carbocycles. The van der Waals surface area contributed by atoms with Crippen LogP contribution in [0.5, 0.6) is 0 Å². The average molecular weight is 397 g/mol. The first-order valence-electron chi connectivity index (χ1n) is 10.1. The molecule has 1 aliphatic rings. The van der Waals surface area contributed by atoms with Crippen molar-refractivity contribution in [2.45, 2.75) is 40.2 Å². The Morgan fingerprint density at radius 1 is 1.03 bits per heavy atom. The summed E-state index contributed by atoms with van der Waals surface area (Å²) in [5.74, 6) is -0.870. The molecule has 29 heavy (non-hydrogen) atoms. The lowest BCUT2D eigenvalue weighted by Gasteiger charge is -2.22. The maximum Gasteiger partial charge on any atom is 0.240 e. The van der Waals surface area contributed by atoms with Crippen molar-refractivity contribution in [2.75, 3.05) is 23.3 Å². The highest BCUT2D eigenvalue weighted by Gasteiger charge is 2.56. The van der Waals surface area contributed by atoms with Crippen LogP contribution < -0.4 is 15.5 Å². The first-order valence-corrected chi connectivity index (χ1v) is 10.1. The summed E-state index contributed by atoms with van der Waals surface area (Å²) in [7, 11) is 0. The van der Waals surface area contributed by atoms with Gasteiger partial charge < -0.3 is 15.5 Å². The van der Waals surface area contributed by atoms with Crippen molar-refractivity contribution >= 4 is 23.2 Å². The van der Waals surface area contributed by atoms with Crippen molar-refractivity contribution < 1.29 is 14.0 Å². The predicted octanol–water partition coefficient (Wildman–Crippen LogP) is 4.02. The van der Waals surface area contributed by atoms with Crippen molar-refractivity contribution in [1.82, 2.24) is 5.32 Å². The number of nitrogens with zero attached hydrogens (tertiary/aromatic N) is 1. The van der Waals surface area contributed by atoms with Crippen LogP contribution in [-0.2, 0) is 16.1 Å². The standard InChI is InChI=1S/C23H28FN3O2/c1-4-27(5-2)19-10-11-20(16(3)14-19)26-22(29)23(12-13-23)21(28)25-15-17-6-8-18(24)9-7-17/h6-11,14H,4-5,12-13,15H2,1-3H3,(H,25,28)(H,26,29). The fourth-order valence-electron chi connectivity index (χ4n) is 3.45. The molecule has 3 rings (SSSR count). The summed E-state index contributed by atoms with van der Waals surface area (Å²) in [4.78, 5) is 27.7. The van der Waals surface area contributed by atoms with Gasteiger partial charge in [0.25, 0.3) is 0 Å². The third kappa shape index (κ3) is 4.58. The Balaban J connectivity index is 1.63. The largest absolute Gasteiger partial charge is 0.372 e. The number of nitrogens with one attached hydrogen (secondary N) is 2. The van der Waals surface area contributed by atoms with Gasteiger partial charge in [-0.3, -0.25) is 9.59 Å². The number of hydrogen-bond acceptors (Lipinski definition) is 3. The maximum atomic E-state index is 13.0. The van der Waals surface area contributed by atoms with Crippen LogP contribution in [0.15, 0.2) is 42.5 Å². The molecule has 0 bridgehead atoms. The predicted molar refractivity (Wildman–Crippen MR) is 113 cm³/mol. The van der Waals surface area contributed by atoms with Gasteiger partial charge in [-0.05, 0) is 75.1 Å². The normalized spacial score (nSPS) is 14.2. The minimum Gasteiger partial charge on any atom is -0.372 e. The molecule has 2 aromatic rings. The van der Waals surface area contributed by atoms with E-state index in [0.717, 1.165) is 35.6 Å². The molecule has 0 unspecified atom stereocenters. The van der Waals surface area contributed by atoms with Crippen LogP contribution in [0.1, 0.15) is 37.8 Å².